The van der Waals surface area contributed by atoms with Crippen molar-refractivity contribution in [1.29, 1.82) is 0 Å². The van der Waals surface area contributed by atoms with Crippen LogP contribution >= 0.6 is 23.4 Å². The summed E-state index contributed by atoms with van der Waals surface area (Å²) in [6.45, 7) is 2.19. The number of rotatable bonds is 4. The third kappa shape index (κ3) is 3.61. The van der Waals surface area contributed by atoms with Crippen LogP contribution in [-0.2, 0) is 0 Å². The van der Waals surface area contributed by atoms with E-state index in [1.165, 1.54) is 12.2 Å². The highest BCUT2D eigenvalue weighted by Crippen LogP contribution is 2.31. The SMILES string of the molecule is CCSC1CCC(Nc2nc(N)nc(Cl)n2)C1. The van der Waals surface area contributed by atoms with E-state index in [4.69, 9.17) is 17.3 Å². The van der Waals surface area contributed by atoms with Gasteiger partial charge in [-0.3, -0.25) is 0 Å². The molecular weight excluding hydrogens is 258 g/mol. The Labute approximate surface area is 110 Å². The van der Waals surface area contributed by atoms with Gasteiger partial charge in [-0.25, -0.2) is 0 Å². The average Bonchev–Trinajstić information content (AvgIpc) is 2.64. The molecule has 94 valence electrons. The highest BCUT2D eigenvalue weighted by atomic mass is 35.5. The standard InChI is InChI=1S/C10H16ClN5S/c1-2-17-7-4-3-6(5-7)13-10-15-8(11)14-9(12)16-10/h6-7H,2-5H2,1H3,(H3,12,13,14,15,16). The van der Waals surface area contributed by atoms with E-state index in [0.29, 0.717) is 12.0 Å². The Morgan fingerprint density at radius 3 is 2.94 bits per heavy atom. The van der Waals surface area contributed by atoms with Crippen LogP contribution in [0.1, 0.15) is 26.2 Å². The first-order chi connectivity index (χ1) is 8.17. The van der Waals surface area contributed by atoms with Gasteiger partial charge in [0, 0.05) is 11.3 Å². The zero-order valence-electron chi connectivity index (χ0n) is 9.69. The number of aromatic nitrogens is 3. The maximum absolute atomic E-state index is 5.73. The van der Waals surface area contributed by atoms with Gasteiger partial charge in [0.2, 0.25) is 17.2 Å². The van der Waals surface area contributed by atoms with E-state index in [1.807, 2.05) is 11.8 Å². The first-order valence-electron chi connectivity index (χ1n) is 5.72. The van der Waals surface area contributed by atoms with Crippen molar-refractivity contribution in [1.82, 2.24) is 15.0 Å². The summed E-state index contributed by atoms with van der Waals surface area (Å²) in [7, 11) is 0. The molecule has 1 aliphatic carbocycles. The van der Waals surface area contributed by atoms with Crippen LogP contribution in [0.25, 0.3) is 0 Å². The zero-order valence-corrected chi connectivity index (χ0v) is 11.3. The molecule has 2 atom stereocenters. The molecule has 0 aromatic carbocycles. The van der Waals surface area contributed by atoms with E-state index in [9.17, 15) is 0 Å². The molecule has 1 heterocycles. The van der Waals surface area contributed by atoms with E-state index in [0.717, 1.165) is 18.1 Å². The molecule has 1 aromatic rings. The van der Waals surface area contributed by atoms with Crippen molar-refractivity contribution in [2.24, 2.45) is 0 Å². The fourth-order valence-corrected chi connectivity index (χ4v) is 3.38. The van der Waals surface area contributed by atoms with E-state index in [1.54, 1.807) is 0 Å². The fourth-order valence-electron chi connectivity index (χ4n) is 2.07. The lowest BCUT2D eigenvalue weighted by molar-refractivity contribution is 0.744. The predicted octanol–water partition coefficient (Wildman–Crippen LogP) is 2.19. The smallest absolute Gasteiger partial charge is 0.229 e. The van der Waals surface area contributed by atoms with Gasteiger partial charge in [0.15, 0.2) is 0 Å². The predicted molar refractivity (Wildman–Crippen MR) is 72.4 cm³/mol. The fraction of sp³-hybridized carbons (Fsp3) is 0.700. The molecule has 0 spiro atoms. The van der Waals surface area contributed by atoms with Crippen molar-refractivity contribution >= 4 is 35.3 Å². The topological polar surface area (TPSA) is 76.7 Å². The number of nitrogens with one attached hydrogen (secondary N) is 1. The Hall–Kier alpha value is -0.750. The van der Waals surface area contributed by atoms with Gasteiger partial charge in [-0.05, 0) is 36.6 Å². The summed E-state index contributed by atoms with van der Waals surface area (Å²) >= 11 is 7.74. The van der Waals surface area contributed by atoms with Gasteiger partial charge in [-0.2, -0.15) is 26.7 Å². The highest BCUT2D eigenvalue weighted by molar-refractivity contribution is 7.99. The third-order valence-electron chi connectivity index (χ3n) is 2.75. The number of thioether (sulfide) groups is 1. The molecule has 1 fully saturated rings. The van der Waals surface area contributed by atoms with Crippen LogP contribution in [0.2, 0.25) is 5.28 Å². The van der Waals surface area contributed by atoms with Crippen LogP contribution in [0, 0.1) is 0 Å². The number of nitrogen functional groups attached to an aromatic ring is 1. The van der Waals surface area contributed by atoms with Crippen LogP contribution in [0.15, 0.2) is 0 Å². The second-order valence-electron chi connectivity index (χ2n) is 4.02. The van der Waals surface area contributed by atoms with Crippen molar-refractivity contribution in [3.05, 3.63) is 5.28 Å². The first-order valence-corrected chi connectivity index (χ1v) is 7.15. The summed E-state index contributed by atoms with van der Waals surface area (Å²) in [5, 5.41) is 4.15. The van der Waals surface area contributed by atoms with Crippen molar-refractivity contribution in [3.8, 4) is 0 Å². The summed E-state index contributed by atoms with van der Waals surface area (Å²) in [5.41, 5.74) is 5.52. The van der Waals surface area contributed by atoms with Gasteiger partial charge in [-0.1, -0.05) is 6.92 Å². The minimum Gasteiger partial charge on any atom is -0.368 e. The van der Waals surface area contributed by atoms with Crippen LogP contribution < -0.4 is 11.1 Å². The Kier molecular flexibility index (Phi) is 4.28. The van der Waals surface area contributed by atoms with Gasteiger partial charge in [0.1, 0.15) is 0 Å². The van der Waals surface area contributed by atoms with Crippen molar-refractivity contribution in [2.45, 2.75) is 37.5 Å². The van der Waals surface area contributed by atoms with Crippen LogP contribution in [0.4, 0.5) is 11.9 Å². The van der Waals surface area contributed by atoms with Crippen LogP contribution in [0.5, 0.6) is 0 Å². The lowest BCUT2D eigenvalue weighted by atomic mass is 10.2. The van der Waals surface area contributed by atoms with Crippen molar-refractivity contribution in [2.75, 3.05) is 16.8 Å². The normalized spacial score (nSPS) is 23.9. The first kappa shape index (κ1) is 12.7. The van der Waals surface area contributed by atoms with Crippen LogP contribution in [-0.4, -0.2) is 32.0 Å². The quantitative estimate of drug-likeness (QED) is 0.876. The van der Waals surface area contributed by atoms with Gasteiger partial charge in [0.05, 0.1) is 0 Å². The molecule has 3 N–H and O–H groups in total. The second kappa shape index (κ2) is 5.73. The van der Waals surface area contributed by atoms with Gasteiger partial charge < -0.3 is 11.1 Å². The lowest BCUT2D eigenvalue weighted by Gasteiger charge is -2.12. The molecule has 0 amide bonds. The summed E-state index contributed by atoms with van der Waals surface area (Å²) in [4.78, 5) is 11.8. The van der Waals surface area contributed by atoms with E-state index in [2.05, 4.69) is 27.2 Å². The summed E-state index contributed by atoms with van der Waals surface area (Å²) in [6.07, 6.45) is 3.52. The molecular formula is C10H16ClN5S. The van der Waals surface area contributed by atoms with Crippen molar-refractivity contribution in [3.63, 3.8) is 0 Å². The number of nitrogens with two attached hydrogens (primary N) is 1. The molecule has 1 saturated carbocycles. The number of anilines is 2. The highest BCUT2D eigenvalue weighted by Gasteiger charge is 2.25. The molecule has 1 aliphatic rings. The molecule has 17 heavy (non-hydrogen) atoms. The van der Waals surface area contributed by atoms with Gasteiger partial charge >= 0.3 is 0 Å². The number of hydrogen-bond acceptors (Lipinski definition) is 6. The van der Waals surface area contributed by atoms with Crippen molar-refractivity contribution < 1.29 is 0 Å². The molecule has 5 nitrogen and oxygen atoms in total. The van der Waals surface area contributed by atoms with Gasteiger partial charge in [-0.15, -0.1) is 0 Å². The van der Waals surface area contributed by atoms with Gasteiger partial charge in [0.25, 0.3) is 0 Å². The number of nitrogens with zero attached hydrogens (tertiary/aromatic N) is 3. The van der Waals surface area contributed by atoms with E-state index < -0.39 is 0 Å². The molecule has 0 aliphatic heterocycles. The summed E-state index contributed by atoms with van der Waals surface area (Å²) in [6, 6.07) is 0.414. The molecule has 1 aromatic heterocycles. The molecule has 0 bridgehead atoms. The zero-order chi connectivity index (χ0) is 12.3. The molecule has 0 radical (unpaired) electrons. The number of hydrogen-bond donors (Lipinski definition) is 2. The molecule has 0 saturated heterocycles. The maximum atomic E-state index is 5.73. The third-order valence-corrected chi connectivity index (χ3v) is 4.15. The molecule has 7 heteroatoms. The Morgan fingerprint density at radius 1 is 1.41 bits per heavy atom. The lowest BCUT2D eigenvalue weighted by Crippen LogP contribution is -2.18. The largest absolute Gasteiger partial charge is 0.368 e. The minimum atomic E-state index is 0.137. The monoisotopic (exact) mass is 273 g/mol. The number of halogens is 1. The molecule has 2 unspecified atom stereocenters. The summed E-state index contributed by atoms with van der Waals surface area (Å²) in [5.74, 6) is 1.81. The Bertz CT molecular complexity index is 369. The summed E-state index contributed by atoms with van der Waals surface area (Å²) < 4.78 is 0. The van der Waals surface area contributed by atoms with Crippen LogP contribution in [0.3, 0.4) is 0 Å². The Morgan fingerprint density at radius 2 is 2.24 bits per heavy atom. The van der Waals surface area contributed by atoms with E-state index in [-0.39, 0.29) is 11.2 Å². The second-order valence-corrected chi connectivity index (χ2v) is 5.93. The Balaban J connectivity index is 1.93. The average molecular weight is 274 g/mol. The van der Waals surface area contributed by atoms with E-state index >= 15 is 0 Å². The maximum Gasteiger partial charge on any atom is 0.229 e. The minimum absolute atomic E-state index is 0.137. The molecule has 2 rings (SSSR count).